The lowest BCUT2D eigenvalue weighted by Gasteiger charge is -2.09. The summed E-state index contributed by atoms with van der Waals surface area (Å²) in [6.45, 7) is 1.74. The average Bonchev–Trinajstić information content (AvgIpc) is 3.07. The zero-order valence-corrected chi connectivity index (χ0v) is 12.1. The Morgan fingerprint density at radius 1 is 1.35 bits per heavy atom. The summed E-state index contributed by atoms with van der Waals surface area (Å²) in [5.74, 6) is 0.0538. The van der Waals surface area contributed by atoms with Gasteiger partial charge in [-0.3, -0.25) is 4.57 Å². The highest BCUT2D eigenvalue weighted by molar-refractivity contribution is 8.13. The lowest BCUT2D eigenvalue weighted by molar-refractivity contribution is 0.579. The third-order valence-corrected chi connectivity index (χ3v) is 4.35. The molecule has 3 rings (SSSR count). The average molecular weight is 316 g/mol. The van der Waals surface area contributed by atoms with Gasteiger partial charge in [0.1, 0.15) is 5.82 Å². The molecule has 0 spiro atoms. The van der Waals surface area contributed by atoms with E-state index < -0.39 is 9.05 Å². The molecule has 0 radical (unpaired) electrons. The van der Waals surface area contributed by atoms with Crippen LogP contribution < -0.4 is 0 Å². The largest absolute Gasteiger partial charge is 0.296 e. The maximum absolute atomic E-state index is 13.2. The number of aryl methyl sites for hydroxylation is 1. The van der Waals surface area contributed by atoms with E-state index in [1.165, 1.54) is 16.7 Å². The van der Waals surface area contributed by atoms with Gasteiger partial charge in [-0.1, -0.05) is 0 Å². The molecule has 0 aliphatic heterocycles. The highest BCUT2D eigenvalue weighted by Gasteiger charge is 2.34. The van der Waals surface area contributed by atoms with Crippen molar-refractivity contribution in [3.8, 4) is 11.4 Å². The number of benzene rings is 1. The predicted octanol–water partition coefficient (Wildman–Crippen LogP) is 2.66. The highest BCUT2D eigenvalue weighted by Crippen LogP contribution is 2.40. The van der Waals surface area contributed by atoms with Crippen LogP contribution in [-0.2, 0) is 9.05 Å². The maximum atomic E-state index is 13.2. The van der Waals surface area contributed by atoms with Crippen molar-refractivity contribution in [2.75, 3.05) is 0 Å². The van der Waals surface area contributed by atoms with E-state index in [2.05, 4.69) is 10.2 Å². The summed E-state index contributed by atoms with van der Waals surface area (Å²) >= 11 is 0. The molecule has 5 nitrogen and oxygen atoms in total. The minimum atomic E-state index is -3.96. The summed E-state index contributed by atoms with van der Waals surface area (Å²) in [6, 6.07) is 4.28. The molecule has 106 valence electrons. The molecule has 8 heteroatoms. The van der Waals surface area contributed by atoms with E-state index >= 15 is 0 Å². The summed E-state index contributed by atoms with van der Waals surface area (Å²) in [4.78, 5) is 0. The maximum Gasteiger partial charge on any atom is 0.296 e. The Hall–Kier alpha value is -1.47. The summed E-state index contributed by atoms with van der Waals surface area (Å²) in [5, 5.41) is 7.37. The van der Waals surface area contributed by atoms with Gasteiger partial charge >= 0.3 is 0 Å². The molecule has 1 heterocycles. The van der Waals surface area contributed by atoms with Crippen LogP contribution in [0.2, 0.25) is 0 Å². The van der Waals surface area contributed by atoms with Crippen LogP contribution in [0.25, 0.3) is 11.4 Å². The fourth-order valence-corrected chi connectivity index (χ4v) is 3.09. The minimum absolute atomic E-state index is 0.0352. The Morgan fingerprint density at radius 3 is 2.60 bits per heavy atom. The van der Waals surface area contributed by atoms with Crippen LogP contribution in [0.4, 0.5) is 4.39 Å². The summed E-state index contributed by atoms with van der Waals surface area (Å²) in [7, 11) is 1.43. The normalized spacial score (nSPS) is 15.6. The molecule has 0 atom stereocenters. The number of hydrogen-bond donors (Lipinski definition) is 0. The summed E-state index contributed by atoms with van der Waals surface area (Å²) in [6.07, 6.45) is 1.70. The zero-order valence-electron chi connectivity index (χ0n) is 10.5. The second-order valence-corrected chi connectivity index (χ2v) is 7.26. The van der Waals surface area contributed by atoms with Crippen molar-refractivity contribution in [3.63, 3.8) is 0 Å². The van der Waals surface area contributed by atoms with Crippen molar-refractivity contribution in [2.24, 2.45) is 0 Å². The molecule has 20 heavy (non-hydrogen) atoms. The van der Waals surface area contributed by atoms with Gasteiger partial charge in [-0.15, -0.1) is 10.2 Å². The fraction of sp³-hybridized carbons (Fsp3) is 0.333. The number of rotatable bonds is 3. The number of halogens is 2. The SMILES string of the molecule is Cc1cc(F)ccc1-c1nnc(S(=O)(=O)Cl)n1C1CC1. The Balaban J connectivity index is 2.22. The molecule has 0 N–H and O–H groups in total. The van der Waals surface area contributed by atoms with E-state index in [1.54, 1.807) is 13.0 Å². The number of nitrogens with zero attached hydrogens (tertiary/aromatic N) is 3. The summed E-state index contributed by atoms with van der Waals surface area (Å²) < 4.78 is 37.8. The first-order valence-corrected chi connectivity index (χ1v) is 8.35. The van der Waals surface area contributed by atoms with E-state index in [0.717, 1.165) is 12.8 Å². The van der Waals surface area contributed by atoms with Crippen LogP contribution >= 0.6 is 10.7 Å². The van der Waals surface area contributed by atoms with Crippen molar-refractivity contribution in [1.29, 1.82) is 0 Å². The van der Waals surface area contributed by atoms with Crippen molar-refractivity contribution in [2.45, 2.75) is 31.0 Å². The second kappa shape index (κ2) is 4.53. The molecule has 1 aromatic heterocycles. The monoisotopic (exact) mass is 315 g/mol. The van der Waals surface area contributed by atoms with Gasteiger partial charge in [-0.05, 0) is 43.5 Å². The second-order valence-electron chi connectivity index (χ2n) is 4.80. The van der Waals surface area contributed by atoms with Gasteiger partial charge in [0.15, 0.2) is 5.82 Å². The molecule has 0 amide bonds. The molecule has 1 saturated carbocycles. The number of aromatic nitrogens is 3. The van der Waals surface area contributed by atoms with E-state index in [-0.39, 0.29) is 17.0 Å². The van der Waals surface area contributed by atoms with Crippen LogP contribution in [0.5, 0.6) is 0 Å². The summed E-state index contributed by atoms with van der Waals surface area (Å²) in [5.41, 5.74) is 1.31. The first kappa shape index (κ1) is 13.5. The van der Waals surface area contributed by atoms with Gasteiger partial charge in [0.05, 0.1) is 0 Å². The topological polar surface area (TPSA) is 64.8 Å². The third-order valence-electron chi connectivity index (χ3n) is 3.22. The molecule has 1 aliphatic rings. The Bertz CT molecular complexity index is 784. The van der Waals surface area contributed by atoms with Crippen LogP contribution in [0.15, 0.2) is 23.4 Å². The molecule has 0 unspecified atom stereocenters. The molecule has 1 aliphatic carbocycles. The molecule has 1 aromatic carbocycles. The van der Waals surface area contributed by atoms with Crippen LogP contribution in [0, 0.1) is 12.7 Å². The van der Waals surface area contributed by atoms with Crippen molar-refractivity contribution in [3.05, 3.63) is 29.6 Å². The quantitative estimate of drug-likeness (QED) is 0.817. The molecule has 1 fully saturated rings. The van der Waals surface area contributed by atoms with E-state index in [0.29, 0.717) is 17.0 Å². The minimum Gasteiger partial charge on any atom is -0.294 e. The molecular weight excluding hydrogens is 305 g/mol. The predicted molar refractivity (Wildman–Crippen MR) is 71.5 cm³/mol. The molecule has 2 aromatic rings. The first-order valence-electron chi connectivity index (χ1n) is 6.04. The smallest absolute Gasteiger partial charge is 0.294 e. The highest BCUT2D eigenvalue weighted by atomic mass is 35.7. The van der Waals surface area contributed by atoms with Crippen molar-refractivity contribution >= 4 is 19.7 Å². The van der Waals surface area contributed by atoms with Crippen molar-refractivity contribution in [1.82, 2.24) is 14.8 Å². The van der Waals surface area contributed by atoms with Gasteiger partial charge in [-0.25, -0.2) is 12.8 Å². The Labute approximate surface area is 119 Å². The van der Waals surface area contributed by atoms with Gasteiger partial charge in [0.2, 0.25) is 0 Å². The zero-order chi connectivity index (χ0) is 14.5. The fourth-order valence-electron chi connectivity index (χ4n) is 2.17. The van der Waals surface area contributed by atoms with Crippen molar-refractivity contribution < 1.29 is 12.8 Å². The van der Waals surface area contributed by atoms with Gasteiger partial charge < -0.3 is 0 Å². The van der Waals surface area contributed by atoms with E-state index in [9.17, 15) is 12.8 Å². The van der Waals surface area contributed by atoms with Gasteiger partial charge in [-0.2, -0.15) is 0 Å². The standard InChI is InChI=1S/C12H11ClFN3O2S/c1-7-6-8(14)2-5-10(7)11-15-16-12(20(13,18)19)17(11)9-3-4-9/h2,5-6,9H,3-4H2,1H3. The molecule has 0 saturated heterocycles. The number of hydrogen-bond acceptors (Lipinski definition) is 4. The Kier molecular flexibility index (Phi) is 3.06. The van der Waals surface area contributed by atoms with Crippen LogP contribution in [-0.4, -0.2) is 23.2 Å². The molecular formula is C12H11ClFN3O2S. The van der Waals surface area contributed by atoms with E-state index in [4.69, 9.17) is 10.7 Å². The third kappa shape index (κ3) is 2.31. The van der Waals surface area contributed by atoms with E-state index in [1.807, 2.05) is 0 Å². The Morgan fingerprint density at radius 2 is 2.05 bits per heavy atom. The lowest BCUT2D eigenvalue weighted by atomic mass is 10.1. The molecule has 0 bridgehead atoms. The van der Waals surface area contributed by atoms with Crippen LogP contribution in [0.1, 0.15) is 24.4 Å². The first-order chi connectivity index (χ1) is 9.38. The van der Waals surface area contributed by atoms with Gasteiger partial charge in [0.25, 0.3) is 14.2 Å². The van der Waals surface area contributed by atoms with Crippen LogP contribution in [0.3, 0.4) is 0 Å². The lowest BCUT2D eigenvalue weighted by Crippen LogP contribution is -2.06. The van der Waals surface area contributed by atoms with Gasteiger partial charge in [0, 0.05) is 22.3 Å².